The minimum absolute atomic E-state index is 0.143. The fraction of sp³-hybridized carbons (Fsp3) is 0.467. The summed E-state index contributed by atoms with van der Waals surface area (Å²) >= 11 is 0. The molecule has 0 aliphatic rings. The molecular formula is C15H22N4O3S2. The minimum atomic E-state index is -0.434. The standard InChI is InChI=1S/C15H22N4O3S2/c1-2-11-22-15(21)17-9-5-10-18-19-13(20)7-12-23-24-14-6-3-4-8-16-14/h3-4,6,8,10H,2,5,7,9,11-12H2,1H3,(H,17,21)(H,19,20)/b18-10-. The van der Waals surface area contributed by atoms with Crippen molar-refractivity contribution in [2.24, 2.45) is 5.10 Å². The van der Waals surface area contributed by atoms with Crippen LogP contribution in [0.15, 0.2) is 34.5 Å². The summed E-state index contributed by atoms with van der Waals surface area (Å²) in [6, 6.07) is 5.72. The molecule has 1 aromatic heterocycles. The van der Waals surface area contributed by atoms with Gasteiger partial charge in [-0.1, -0.05) is 23.8 Å². The molecule has 1 aromatic rings. The number of hydrogen-bond donors (Lipinski definition) is 2. The van der Waals surface area contributed by atoms with Gasteiger partial charge in [-0.15, -0.1) is 0 Å². The Kier molecular flexibility index (Phi) is 11.6. The number of nitrogens with one attached hydrogen (secondary N) is 2. The lowest BCUT2D eigenvalue weighted by Gasteiger charge is -2.03. The molecule has 9 heteroatoms. The first-order valence-electron chi connectivity index (χ1n) is 7.64. The van der Waals surface area contributed by atoms with E-state index in [1.54, 1.807) is 34.0 Å². The van der Waals surface area contributed by atoms with Crippen molar-refractivity contribution in [2.45, 2.75) is 31.2 Å². The maximum Gasteiger partial charge on any atom is 0.407 e. The summed E-state index contributed by atoms with van der Waals surface area (Å²) in [6.45, 7) is 2.75. The van der Waals surface area contributed by atoms with Crippen molar-refractivity contribution < 1.29 is 14.3 Å². The predicted octanol–water partition coefficient (Wildman–Crippen LogP) is 2.84. The van der Waals surface area contributed by atoms with E-state index in [2.05, 4.69) is 20.8 Å². The van der Waals surface area contributed by atoms with Crippen LogP contribution in [0.2, 0.25) is 0 Å². The van der Waals surface area contributed by atoms with E-state index in [0.29, 0.717) is 31.7 Å². The highest BCUT2D eigenvalue weighted by Crippen LogP contribution is 2.29. The number of alkyl carbamates (subject to hydrolysis) is 1. The summed E-state index contributed by atoms with van der Waals surface area (Å²) in [6.07, 6.45) is 4.54. The van der Waals surface area contributed by atoms with Crippen molar-refractivity contribution in [1.82, 2.24) is 15.7 Å². The van der Waals surface area contributed by atoms with Gasteiger partial charge in [-0.3, -0.25) is 4.79 Å². The van der Waals surface area contributed by atoms with Crippen LogP contribution in [0, 0.1) is 0 Å². The van der Waals surface area contributed by atoms with Crippen LogP contribution in [0.5, 0.6) is 0 Å². The number of carbonyl (C=O) groups excluding carboxylic acids is 2. The third kappa shape index (κ3) is 10.9. The molecule has 0 fully saturated rings. The lowest BCUT2D eigenvalue weighted by Crippen LogP contribution is -2.26. The van der Waals surface area contributed by atoms with Crippen LogP contribution in [-0.2, 0) is 9.53 Å². The van der Waals surface area contributed by atoms with Gasteiger partial charge in [0.2, 0.25) is 5.91 Å². The van der Waals surface area contributed by atoms with Gasteiger partial charge in [0.25, 0.3) is 0 Å². The minimum Gasteiger partial charge on any atom is -0.450 e. The molecule has 0 aliphatic carbocycles. The monoisotopic (exact) mass is 370 g/mol. The smallest absolute Gasteiger partial charge is 0.407 e. The van der Waals surface area contributed by atoms with Gasteiger partial charge in [0.1, 0.15) is 5.03 Å². The van der Waals surface area contributed by atoms with Crippen LogP contribution in [0.4, 0.5) is 4.79 Å². The first-order valence-corrected chi connectivity index (χ1v) is 9.95. The molecule has 0 saturated carbocycles. The normalized spacial score (nSPS) is 10.5. The molecule has 0 unspecified atom stereocenters. The highest BCUT2D eigenvalue weighted by molar-refractivity contribution is 8.76. The molecule has 0 bridgehead atoms. The number of ether oxygens (including phenoxy) is 1. The number of hydrogen-bond acceptors (Lipinski definition) is 7. The largest absolute Gasteiger partial charge is 0.450 e. The zero-order chi connectivity index (χ0) is 17.5. The Balaban J connectivity index is 1.98. The van der Waals surface area contributed by atoms with Crippen LogP contribution in [-0.4, -0.2) is 42.1 Å². The molecule has 0 atom stereocenters. The van der Waals surface area contributed by atoms with Crippen LogP contribution >= 0.6 is 21.6 Å². The Morgan fingerprint density at radius 1 is 1.42 bits per heavy atom. The average Bonchev–Trinajstić information content (AvgIpc) is 2.60. The van der Waals surface area contributed by atoms with Crippen LogP contribution < -0.4 is 10.7 Å². The summed E-state index contributed by atoms with van der Waals surface area (Å²) in [7, 11) is 3.11. The first-order chi connectivity index (χ1) is 11.7. The maximum atomic E-state index is 11.6. The van der Waals surface area contributed by atoms with Crippen molar-refractivity contribution in [2.75, 3.05) is 18.9 Å². The van der Waals surface area contributed by atoms with Gasteiger partial charge >= 0.3 is 6.09 Å². The van der Waals surface area contributed by atoms with E-state index >= 15 is 0 Å². The summed E-state index contributed by atoms with van der Waals surface area (Å²) in [5.74, 6) is 0.531. The Morgan fingerprint density at radius 3 is 3.04 bits per heavy atom. The summed E-state index contributed by atoms with van der Waals surface area (Å²) in [5.41, 5.74) is 2.45. The second-order valence-electron chi connectivity index (χ2n) is 4.52. The summed E-state index contributed by atoms with van der Waals surface area (Å²) in [4.78, 5) is 26.9. The first kappa shape index (κ1) is 20.3. The van der Waals surface area contributed by atoms with Gasteiger partial charge in [0, 0.05) is 37.6 Å². The van der Waals surface area contributed by atoms with Crippen molar-refractivity contribution in [3.8, 4) is 0 Å². The Morgan fingerprint density at radius 2 is 2.29 bits per heavy atom. The number of amides is 2. The second kappa shape index (κ2) is 13.7. The molecule has 0 spiro atoms. The number of carbonyl (C=O) groups is 2. The van der Waals surface area contributed by atoms with E-state index in [4.69, 9.17) is 4.74 Å². The zero-order valence-electron chi connectivity index (χ0n) is 13.6. The van der Waals surface area contributed by atoms with Crippen molar-refractivity contribution in [3.05, 3.63) is 24.4 Å². The molecule has 2 amide bonds. The van der Waals surface area contributed by atoms with E-state index in [0.717, 1.165) is 11.4 Å². The third-order valence-corrected chi connectivity index (χ3v) is 4.72. The second-order valence-corrected chi connectivity index (χ2v) is 6.96. The molecule has 1 heterocycles. The fourth-order valence-electron chi connectivity index (χ4n) is 1.36. The van der Waals surface area contributed by atoms with E-state index < -0.39 is 6.09 Å². The highest BCUT2D eigenvalue weighted by atomic mass is 33.1. The molecule has 0 aliphatic heterocycles. The molecule has 7 nitrogen and oxygen atoms in total. The lowest BCUT2D eigenvalue weighted by atomic mass is 10.4. The van der Waals surface area contributed by atoms with Crippen LogP contribution in [0.3, 0.4) is 0 Å². The Hall–Kier alpha value is -1.74. The average molecular weight is 370 g/mol. The molecule has 132 valence electrons. The van der Waals surface area contributed by atoms with E-state index in [1.807, 2.05) is 25.1 Å². The topological polar surface area (TPSA) is 92.7 Å². The molecule has 1 rings (SSSR count). The SMILES string of the molecule is CCCOC(=O)NCC/C=N\NC(=O)CCSSc1ccccn1. The van der Waals surface area contributed by atoms with Crippen molar-refractivity contribution in [1.29, 1.82) is 0 Å². The van der Waals surface area contributed by atoms with E-state index in [-0.39, 0.29) is 5.91 Å². The predicted molar refractivity (Wildman–Crippen MR) is 98.1 cm³/mol. The Labute approximate surface area is 149 Å². The highest BCUT2D eigenvalue weighted by Gasteiger charge is 2.01. The van der Waals surface area contributed by atoms with E-state index in [9.17, 15) is 9.59 Å². The van der Waals surface area contributed by atoms with Gasteiger partial charge in [0.05, 0.1) is 6.61 Å². The molecule has 0 radical (unpaired) electrons. The lowest BCUT2D eigenvalue weighted by molar-refractivity contribution is -0.120. The third-order valence-electron chi connectivity index (χ3n) is 2.46. The zero-order valence-corrected chi connectivity index (χ0v) is 15.2. The van der Waals surface area contributed by atoms with Gasteiger partial charge in [0.15, 0.2) is 0 Å². The number of aromatic nitrogens is 1. The van der Waals surface area contributed by atoms with Crippen LogP contribution in [0.1, 0.15) is 26.2 Å². The molecule has 0 aromatic carbocycles. The van der Waals surface area contributed by atoms with Gasteiger partial charge in [-0.25, -0.2) is 15.2 Å². The molecule has 2 N–H and O–H groups in total. The van der Waals surface area contributed by atoms with E-state index in [1.165, 1.54) is 0 Å². The van der Waals surface area contributed by atoms with Crippen molar-refractivity contribution in [3.63, 3.8) is 0 Å². The number of nitrogens with zero attached hydrogens (tertiary/aromatic N) is 2. The molecule has 0 saturated heterocycles. The van der Waals surface area contributed by atoms with Gasteiger partial charge < -0.3 is 10.1 Å². The summed E-state index contributed by atoms with van der Waals surface area (Å²) in [5, 5.41) is 7.33. The molecule has 24 heavy (non-hydrogen) atoms. The summed E-state index contributed by atoms with van der Waals surface area (Å²) < 4.78 is 4.85. The van der Waals surface area contributed by atoms with Crippen LogP contribution in [0.25, 0.3) is 0 Å². The van der Waals surface area contributed by atoms with Crippen molar-refractivity contribution >= 4 is 39.8 Å². The Bertz CT molecular complexity index is 515. The number of hydrazone groups is 1. The number of rotatable bonds is 11. The van der Waals surface area contributed by atoms with Gasteiger partial charge in [-0.2, -0.15) is 5.10 Å². The quantitative estimate of drug-likeness (QED) is 0.269. The number of pyridine rings is 1. The molecular weight excluding hydrogens is 348 g/mol. The maximum absolute atomic E-state index is 11.6. The van der Waals surface area contributed by atoms with Gasteiger partial charge in [-0.05, 0) is 29.3 Å². The fourth-order valence-corrected chi connectivity index (χ4v) is 3.22.